The molecule has 2 heteroatoms. The lowest BCUT2D eigenvalue weighted by Crippen LogP contribution is -2.13. The average molecular weight is 160 g/mol. The molecule has 0 bridgehead atoms. The van der Waals surface area contributed by atoms with E-state index in [1.54, 1.807) is 0 Å². The van der Waals surface area contributed by atoms with E-state index < -0.39 is 0 Å². The van der Waals surface area contributed by atoms with E-state index in [0.717, 1.165) is 19.3 Å². The molecule has 0 aliphatic heterocycles. The van der Waals surface area contributed by atoms with Crippen molar-refractivity contribution in [2.24, 2.45) is 11.8 Å². The fourth-order valence-corrected chi connectivity index (χ4v) is 1.15. The quantitative estimate of drug-likeness (QED) is 0.577. The van der Waals surface area contributed by atoms with Gasteiger partial charge in [0.15, 0.2) is 0 Å². The van der Waals surface area contributed by atoms with Crippen LogP contribution in [0, 0.1) is 11.8 Å². The van der Waals surface area contributed by atoms with Gasteiger partial charge in [0.1, 0.15) is 0 Å². The smallest absolute Gasteiger partial charge is 0.0461 e. The van der Waals surface area contributed by atoms with Crippen molar-refractivity contribution in [1.82, 2.24) is 0 Å². The van der Waals surface area contributed by atoms with E-state index >= 15 is 0 Å². The van der Waals surface area contributed by atoms with Crippen LogP contribution in [0.5, 0.6) is 0 Å². The summed E-state index contributed by atoms with van der Waals surface area (Å²) in [5.41, 5.74) is 0. The van der Waals surface area contributed by atoms with Gasteiger partial charge in [-0.15, -0.1) is 0 Å². The first-order valence-electron chi connectivity index (χ1n) is 4.44. The first-order chi connectivity index (χ1) is 5.22. The van der Waals surface area contributed by atoms with Crippen molar-refractivity contribution >= 4 is 0 Å². The van der Waals surface area contributed by atoms with E-state index in [1.165, 1.54) is 0 Å². The molecule has 1 unspecified atom stereocenters. The molecule has 11 heavy (non-hydrogen) atoms. The van der Waals surface area contributed by atoms with Gasteiger partial charge in [-0.3, -0.25) is 0 Å². The number of hydrogen-bond donors (Lipinski definition) is 2. The van der Waals surface area contributed by atoms with Crippen LogP contribution in [0.1, 0.15) is 33.1 Å². The lowest BCUT2D eigenvalue weighted by Gasteiger charge is -2.17. The molecule has 0 amide bonds. The van der Waals surface area contributed by atoms with Crippen molar-refractivity contribution < 1.29 is 10.2 Å². The normalized spacial score (nSPS) is 13.9. The highest BCUT2D eigenvalue weighted by molar-refractivity contribution is 4.61. The summed E-state index contributed by atoms with van der Waals surface area (Å²) in [4.78, 5) is 0. The van der Waals surface area contributed by atoms with Crippen LogP contribution in [0.25, 0.3) is 0 Å². The van der Waals surface area contributed by atoms with Crippen LogP contribution in [0.4, 0.5) is 0 Å². The Balaban J connectivity index is 3.36. The summed E-state index contributed by atoms with van der Waals surface area (Å²) in [5, 5.41) is 17.5. The zero-order chi connectivity index (χ0) is 8.69. The Labute approximate surface area is 69.2 Å². The minimum atomic E-state index is 0.274. The molecule has 0 saturated carbocycles. The summed E-state index contributed by atoms with van der Waals surface area (Å²) in [6.45, 7) is 4.80. The van der Waals surface area contributed by atoms with Crippen LogP contribution in [0.15, 0.2) is 0 Å². The van der Waals surface area contributed by atoms with Gasteiger partial charge in [0, 0.05) is 13.2 Å². The summed E-state index contributed by atoms with van der Waals surface area (Å²) < 4.78 is 0. The highest BCUT2D eigenvalue weighted by atomic mass is 16.3. The van der Waals surface area contributed by atoms with E-state index in [9.17, 15) is 0 Å². The molecule has 0 saturated heterocycles. The topological polar surface area (TPSA) is 40.5 Å². The molecule has 0 spiro atoms. The molecule has 68 valence electrons. The molecular weight excluding hydrogens is 140 g/mol. The maximum Gasteiger partial charge on any atom is 0.0461 e. The summed E-state index contributed by atoms with van der Waals surface area (Å²) in [7, 11) is 0. The van der Waals surface area contributed by atoms with Crippen molar-refractivity contribution in [2.75, 3.05) is 13.2 Å². The molecule has 2 nitrogen and oxygen atoms in total. The molecule has 0 aromatic rings. The van der Waals surface area contributed by atoms with E-state index in [0.29, 0.717) is 11.8 Å². The Morgan fingerprint density at radius 2 is 1.73 bits per heavy atom. The van der Waals surface area contributed by atoms with Gasteiger partial charge >= 0.3 is 0 Å². The van der Waals surface area contributed by atoms with Crippen LogP contribution < -0.4 is 0 Å². The fourth-order valence-electron chi connectivity index (χ4n) is 1.15. The third kappa shape index (κ3) is 5.22. The minimum absolute atomic E-state index is 0.274. The Kier molecular flexibility index (Phi) is 6.57. The van der Waals surface area contributed by atoms with Crippen LogP contribution in [0.3, 0.4) is 0 Å². The molecule has 0 aromatic carbocycles. The lowest BCUT2D eigenvalue weighted by atomic mass is 9.91. The van der Waals surface area contributed by atoms with Crippen molar-refractivity contribution in [3.05, 3.63) is 0 Å². The van der Waals surface area contributed by atoms with Crippen LogP contribution in [-0.2, 0) is 0 Å². The molecule has 2 N–H and O–H groups in total. The van der Waals surface area contributed by atoms with Gasteiger partial charge in [-0.05, 0) is 24.7 Å². The highest BCUT2D eigenvalue weighted by Gasteiger charge is 2.10. The predicted molar refractivity (Wildman–Crippen MR) is 46.4 cm³/mol. The summed E-state index contributed by atoms with van der Waals surface area (Å²) >= 11 is 0. The summed E-state index contributed by atoms with van der Waals surface area (Å²) in [6, 6.07) is 0. The SMILES string of the molecule is CC(C)C(CO)CCCCO. The van der Waals surface area contributed by atoms with Crippen LogP contribution in [0.2, 0.25) is 0 Å². The molecule has 0 aromatic heterocycles. The lowest BCUT2D eigenvalue weighted by molar-refractivity contribution is 0.174. The van der Waals surface area contributed by atoms with E-state index in [4.69, 9.17) is 10.2 Å². The fraction of sp³-hybridized carbons (Fsp3) is 1.00. The van der Waals surface area contributed by atoms with Crippen molar-refractivity contribution in [2.45, 2.75) is 33.1 Å². The highest BCUT2D eigenvalue weighted by Crippen LogP contribution is 2.16. The van der Waals surface area contributed by atoms with E-state index in [-0.39, 0.29) is 13.2 Å². The third-order valence-corrected chi connectivity index (χ3v) is 2.16. The Hall–Kier alpha value is -0.0800. The second-order valence-corrected chi connectivity index (χ2v) is 3.41. The van der Waals surface area contributed by atoms with Gasteiger partial charge < -0.3 is 10.2 Å². The van der Waals surface area contributed by atoms with Gasteiger partial charge in [-0.25, -0.2) is 0 Å². The Bertz CT molecular complexity index is 81.6. The van der Waals surface area contributed by atoms with Crippen molar-refractivity contribution in [3.8, 4) is 0 Å². The standard InChI is InChI=1S/C9H20O2/c1-8(2)9(7-11)5-3-4-6-10/h8-11H,3-7H2,1-2H3. The first-order valence-corrected chi connectivity index (χ1v) is 4.44. The van der Waals surface area contributed by atoms with Crippen molar-refractivity contribution in [3.63, 3.8) is 0 Å². The molecule has 0 rings (SSSR count). The Morgan fingerprint density at radius 1 is 1.09 bits per heavy atom. The molecule has 0 aliphatic rings. The molecule has 0 fully saturated rings. The van der Waals surface area contributed by atoms with Gasteiger partial charge in [0.2, 0.25) is 0 Å². The molecule has 0 heterocycles. The zero-order valence-electron chi connectivity index (χ0n) is 7.58. The van der Waals surface area contributed by atoms with Crippen LogP contribution >= 0.6 is 0 Å². The Morgan fingerprint density at radius 3 is 2.09 bits per heavy atom. The second-order valence-electron chi connectivity index (χ2n) is 3.41. The van der Waals surface area contributed by atoms with Gasteiger partial charge in [0.05, 0.1) is 0 Å². The monoisotopic (exact) mass is 160 g/mol. The van der Waals surface area contributed by atoms with Gasteiger partial charge in [-0.2, -0.15) is 0 Å². The third-order valence-electron chi connectivity index (χ3n) is 2.16. The van der Waals surface area contributed by atoms with Gasteiger partial charge in [-0.1, -0.05) is 20.3 Å². The number of aliphatic hydroxyl groups is 2. The van der Waals surface area contributed by atoms with Crippen molar-refractivity contribution in [1.29, 1.82) is 0 Å². The maximum atomic E-state index is 8.93. The number of rotatable bonds is 6. The van der Waals surface area contributed by atoms with E-state index in [2.05, 4.69) is 13.8 Å². The number of aliphatic hydroxyl groups excluding tert-OH is 2. The van der Waals surface area contributed by atoms with Crippen LogP contribution in [-0.4, -0.2) is 23.4 Å². The first kappa shape index (κ1) is 10.9. The minimum Gasteiger partial charge on any atom is -0.396 e. The summed E-state index contributed by atoms with van der Waals surface area (Å²) in [5.74, 6) is 0.972. The second kappa shape index (κ2) is 6.62. The number of hydrogen-bond acceptors (Lipinski definition) is 2. The zero-order valence-corrected chi connectivity index (χ0v) is 7.58. The average Bonchev–Trinajstić information content (AvgIpc) is 1.97. The molecular formula is C9H20O2. The maximum absolute atomic E-state index is 8.93. The molecule has 0 aliphatic carbocycles. The van der Waals surface area contributed by atoms with Gasteiger partial charge in [0.25, 0.3) is 0 Å². The number of unbranched alkanes of at least 4 members (excludes halogenated alkanes) is 1. The summed E-state index contributed by atoms with van der Waals surface area (Å²) in [6.07, 6.45) is 2.93. The predicted octanol–water partition coefficient (Wildman–Crippen LogP) is 1.41. The largest absolute Gasteiger partial charge is 0.396 e. The molecule has 1 atom stereocenters. The molecule has 0 radical (unpaired) electrons. The van der Waals surface area contributed by atoms with E-state index in [1.807, 2.05) is 0 Å².